The third-order valence-corrected chi connectivity index (χ3v) is 5.77. The molecule has 0 bridgehead atoms. The summed E-state index contributed by atoms with van der Waals surface area (Å²) < 4.78 is 0. The monoisotopic (exact) mass is 340 g/mol. The number of aryl methyl sites for hydroxylation is 1. The third-order valence-electron chi connectivity index (χ3n) is 4.87. The number of aromatic nitrogens is 2. The zero-order valence-corrected chi connectivity index (χ0v) is 15.0. The number of anilines is 1. The van der Waals surface area contributed by atoms with Gasteiger partial charge in [0.1, 0.15) is 5.01 Å². The molecule has 0 unspecified atom stereocenters. The van der Waals surface area contributed by atoms with Crippen LogP contribution in [0.1, 0.15) is 57.4 Å². The number of hydrogen-bond donors (Lipinski definition) is 2. The predicted octanol–water partition coefficient (Wildman–Crippen LogP) is 3.29. The second-order valence-corrected chi connectivity index (χ2v) is 7.45. The Kier molecular flexibility index (Phi) is 6.77. The topological polar surface area (TPSA) is 78.4 Å². The van der Waals surface area contributed by atoms with Crippen molar-refractivity contribution in [3.63, 3.8) is 0 Å². The molecule has 2 amide bonds. The number of piperidine rings is 1. The average molecular weight is 340 g/mol. The molecular formula is C16H28N4O2S. The molecule has 0 spiro atoms. The lowest BCUT2D eigenvalue weighted by Crippen LogP contribution is -2.46. The lowest BCUT2D eigenvalue weighted by Gasteiger charge is -2.39. The summed E-state index contributed by atoms with van der Waals surface area (Å²) in [5.41, 5.74) is -0.00797. The fourth-order valence-corrected chi connectivity index (χ4v) is 3.68. The normalized spacial score (nSPS) is 17.3. The molecule has 1 fully saturated rings. The van der Waals surface area contributed by atoms with Crippen LogP contribution in [0.2, 0.25) is 0 Å². The molecule has 2 heterocycles. The number of amides is 2. The van der Waals surface area contributed by atoms with Crippen LogP contribution in [-0.2, 0) is 6.42 Å². The van der Waals surface area contributed by atoms with Crippen molar-refractivity contribution in [2.75, 3.05) is 25.0 Å². The Bertz CT molecular complexity index is 492. The summed E-state index contributed by atoms with van der Waals surface area (Å²) in [5, 5.41) is 22.2. The number of unbranched alkanes of at least 4 members (excludes halogenated alkanes) is 2. The largest absolute Gasteiger partial charge is 0.396 e. The lowest BCUT2D eigenvalue weighted by molar-refractivity contribution is 0.0542. The highest BCUT2D eigenvalue weighted by Gasteiger charge is 2.34. The molecule has 0 aromatic carbocycles. The second-order valence-electron chi connectivity index (χ2n) is 6.39. The first-order valence-corrected chi connectivity index (χ1v) is 9.43. The van der Waals surface area contributed by atoms with E-state index in [1.165, 1.54) is 24.2 Å². The van der Waals surface area contributed by atoms with E-state index in [-0.39, 0.29) is 18.1 Å². The molecule has 7 heteroatoms. The number of aliphatic hydroxyl groups excluding tert-OH is 1. The molecule has 2 N–H and O–H groups in total. The van der Waals surface area contributed by atoms with Crippen LogP contribution in [0, 0.1) is 5.41 Å². The summed E-state index contributed by atoms with van der Waals surface area (Å²) in [6.07, 6.45) is 7.09. The van der Waals surface area contributed by atoms with E-state index in [4.69, 9.17) is 0 Å². The summed E-state index contributed by atoms with van der Waals surface area (Å²) in [4.78, 5) is 14.1. The molecular weight excluding hydrogens is 312 g/mol. The van der Waals surface area contributed by atoms with Crippen LogP contribution in [0.15, 0.2) is 0 Å². The van der Waals surface area contributed by atoms with E-state index < -0.39 is 0 Å². The van der Waals surface area contributed by atoms with Crippen LogP contribution in [0.4, 0.5) is 9.93 Å². The van der Waals surface area contributed by atoms with Crippen molar-refractivity contribution >= 4 is 22.5 Å². The summed E-state index contributed by atoms with van der Waals surface area (Å²) in [6.45, 7) is 5.85. The Hall–Kier alpha value is -1.21. The van der Waals surface area contributed by atoms with E-state index in [0.29, 0.717) is 18.2 Å². The molecule has 1 saturated heterocycles. The number of aliphatic hydroxyl groups is 1. The predicted molar refractivity (Wildman–Crippen MR) is 92.8 cm³/mol. The van der Waals surface area contributed by atoms with Crippen LogP contribution >= 0.6 is 11.3 Å². The maximum atomic E-state index is 12.3. The second kappa shape index (κ2) is 8.59. The molecule has 23 heavy (non-hydrogen) atoms. The number of carbonyl (C=O) groups excluding carboxylic acids is 1. The molecule has 0 saturated carbocycles. The van der Waals surface area contributed by atoms with E-state index in [0.717, 1.165) is 37.1 Å². The van der Waals surface area contributed by atoms with Crippen molar-refractivity contribution in [3.8, 4) is 0 Å². The summed E-state index contributed by atoms with van der Waals surface area (Å²) in [7, 11) is 0. The van der Waals surface area contributed by atoms with Gasteiger partial charge >= 0.3 is 6.03 Å². The molecule has 2 rings (SSSR count). The molecule has 1 aliphatic heterocycles. The highest BCUT2D eigenvalue weighted by atomic mass is 32.1. The van der Waals surface area contributed by atoms with Crippen LogP contribution in [0.25, 0.3) is 0 Å². The lowest BCUT2D eigenvalue weighted by atomic mass is 9.77. The minimum Gasteiger partial charge on any atom is -0.396 e. The zero-order chi connectivity index (χ0) is 16.7. The van der Waals surface area contributed by atoms with Crippen molar-refractivity contribution < 1.29 is 9.90 Å². The van der Waals surface area contributed by atoms with Gasteiger partial charge in [0.25, 0.3) is 0 Å². The average Bonchev–Trinajstić information content (AvgIpc) is 3.02. The van der Waals surface area contributed by atoms with Crippen molar-refractivity contribution in [1.29, 1.82) is 0 Å². The van der Waals surface area contributed by atoms with Gasteiger partial charge in [-0.25, -0.2) is 4.79 Å². The smallest absolute Gasteiger partial charge is 0.323 e. The van der Waals surface area contributed by atoms with E-state index >= 15 is 0 Å². The molecule has 1 aromatic heterocycles. The van der Waals surface area contributed by atoms with Gasteiger partial charge in [-0.2, -0.15) is 0 Å². The molecule has 0 atom stereocenters. The van der Waals surface area contributed by atoms with Gasteiger partial charge in [0.2, 0.25) is 5.13 Å². The van der Waals surface area contributed by atoms with Gasteiger partial charge in [-0.3, -0.25) is 5.32 Å². The molecule has 0 aliphatic carbocycles. The van der Waals surface area contributed by atoms with Crippen LogP contribution in [0.3, 0.4) is 0 Å². The summed E-state index contributed by atoms with van der Waals surface area (Å²) >= 11 is 1.46. The number of carbonyl (C=O) groups is 1. The van der Waals surface area contributed by atoms with E-state index in [2.05, 4.69) is 29.4 Å². The molecule has 1 aliphatic rings. The van der Waals surface area contributed by atoms with Gasteiger partial charge in [-0.15, -0.1) is 10.2 Å². The SMILES string of the molecule is CCCCCc1nnc(NC(=O)N2CCC(CC)(CO)CC2)s1. The first kappa shape index (κ1) is 18.1. The first-order chi connectivity index (χ1) is 11.1. The Morgan fingerprint density at radius 3 is 2.65 bits per heavy atom. The van der Waals surface area contributed by atoms with Gasteiger partial charge in [0.05, 0.1) is 0 Å². The highest BCUT2D eigenvalue weighted by Crippen LogP contribution is 2.34. The standard InChI is InChI=1S/C16H28N4O2S/c1-3-5-6-7-13-18-19-14(23-13)17-15(22)20-10-8-16(4-2,12-21)9-11-20/h21H,3-12H2,1-2H3,(H,17,19,22). The number of likely N-dealkylation sites (tertiary alicyclic amines) is 1. The van der Waals surface area contributed by atoms with E-state index in [9.17, 15) is 9.90 Å². The molecule has 0 radical (unpaired) electrons. The van der Waals surface area contributed by atoms with E-state index in [1.54, 1.807) is 0 Å². The summed E-state index contributed by atoms with van der Waals surface area (Å²) in [6, 6.07) is -0.107. The molecule has 130 valence electrons. The maximum absolute atomic E-state index is 12.3. The number of hydrogen-bond acceptors (Lipinski definition) is 5. The Morgan fingerprint density at radius 1 is 1.30 bits per heavy atom. The number of urea groups is 1. The minimum atomic E-state index is -0.107. The number of nitrogens with one attached hydrogen (secondary N) is 1. The number of rotatable bonds is 7. The van der Waals surface area contributed by atoms with Crippen LogP contribution in [0.5, 0.6) is 0 Å². The van der Waals surface area contributed by atoms with Crippen LogP contribution < -0.4 is 5.32 Å². The fraction of sp³-hybridized carbons (Fsp3) is 0.812. The molecule has 1 aromatic rings. The first-order valence-electron chi connectivity index (χ1n) is 8.61. The van der Waals surface area contributed by atoms with Gasteiger partial charge < -0.3 is 10.0 Å². The minimum absolute atomic E-state index is 0.00797. The fourth-order valence-electron chi connectivity index (χ4n) is 2.91. The van der Waals surface area contributed by atoms with Crippen molar-refractivity contribution in [2.24, 2.45) is 5.41 Å². The number of nitrogens with zero attached hydrogens (tertiary/aromatic N) is 3. The van der Waals surface area contributed by atoms with Crippen molar-refractivity contribution in [3.05, 3.63) is 5.01 Å². The zero-order valence-electron chi connectivity index (χ0n) is 14.2. The Labute approximate surface area is 142 Å². The molecule has 6 nitrogen and oxygen atoms in total. The quantitative estimate of drug-likeness (QED) is 0.747. The van der Waals surface area contributed by atoms with Crippen LogP contribution in [-0.4, -0.2) is 45.9 Å². The maximum Gasteiger partial charge on any atom is 0.323 e. The Balaban J connectivity index is 1.81. The van der Waals surface area contributed by atoms with Gasteiger partial charge in [0, 0.05) is 26.1 Å². The third kappa shape index (κ3) is 4.88. The van der Waals surface area contributed by atoms with Crippen molar-refractivity contribution in [1.82, 2.24) is 15.1 Å². The summed E-state index contributed by atoms with van der Waals surface area (Å²) in [5.74, 6) is 0. The van der Waals surface area contributed by atoms with Gasteiger partial charge in [-0.05, 0) is 31.1 Å². The Morgan fingerprint density at radius 2 is 2.04 bits per heavy atom. The van der Waals surface area contributed by atoms with Gasteiger partial charge in [-0.1, -0.05) is 38.0 Å². The highest BCUT2D eigenvalue weighted by molar-refractivity contribution is 7.15. The van der Waals surface area contributed by atoms with E-state index in [1.807, 2.05) is 4.90 Å². The van der Waals surface area contributed by atoms with Gasteiger partial charge in [0.15, 0.2) is 0 Å². The van der Waals surface area contributed by atoms with Crippen molar-refractivity contribution in [2.45, 2.75) is 58.8 Å².